The zero-order valence-corrected chi connectivity index (χ0v) is 15.6. The zero-order valence-electron chi connectivity index (χ0n) is 15.6. The van der Waals surface area contributed by atoms with E-state index in [9.17, 15) is 0 Å². The van der Waals surface area contributed by atoms with Gasteiger partial charge in [-0.25, -0.2) is 0 Å². The van der Waals surface area contributed by atoms with E-state index in [4.69, 9.17) is 4.98 Å². The Kier molecular flexibility index (Phi) is 4.85. The van der Waals surface area contributed by atoms with Gasteiger partial charge in [0.1, 0.15) is 0 Å². The van der Waals surface area contributed by atoms with Crippen molar-refractivity contribution >= 4 is 0 Å². The first-order valence-corrected chi connectivity index (χ1v) is 9.41. The van der Waals surface area contributed by atoms with E-state index in [1.165, 1.54) is 35.4 Å². The summed E-state index contributed by atoms with van der Waals surface area (Å²) >= 11 is 0. The Hall–Kier alpha value is -2.46. The second-order valence-electron chi connectivity index (χ2n) is 7.28. The van der Waals surface area contributed by atoms with Crippen molar-refractivity contribution in [2.24, 2.45) is 7.05 Å². The van der Waals surface area contributed by atoms with Gasteiger partial charge in [0.05, 0.1) is 17.4 Å². The van der Waals surface area contributed by atoms with Crippen LogP contribution >= 0.6 is 0 Å². The lowest BCUT2D eigenvalue weighted by atomic mass is 10.0. The van der Waals surface area contributed by atoms with Crippen LogP contribution in [0.3, 0.4) is 0 Å². The molecule has 3 heterocycles. The average molecular weight is 346 g/mol. The molecule has 0 saturated carbocycles. The number of likely N-dealkylation sites (tertiary alicyclic amines) is 1. The number of nitrogens with zero attached hydrogens (tertiary/aromatic N) is 4. The Morgan fingerprint density at radius 2 is 1.92 bits per heavy atom. The lowest BCUT2D eigenvalue weighted by Crippen LogP contribution is -2.25. The summed E-state index contributed by atoms with van der Waals surface area (Å²) in [6, 6.07) is 17.7. The minimum Gasteiger partial charge on any atom is -0.289 e. The van der Waals surface area contributed by atoms with Crippen molar-refractivity contribution in [2.45, 2.75) is 38.8 Å². The summed E-state index contributed by atoms with van der Waals surface area (Å²) in [5.41, 5.74) is 6.29. The predicted octanol–water partition coefficient (Wildman–Crippen LogP) is 4.05. The van der Waals surface area contributed by atoms with E-state index in [1.807, 2.05) is 17.9 Å². The molecule has 0 spiro atoms. The molecule has 26 heavy (non-hydrogen) atoms. The summed E-state index contributed by atoms with van der Waals surface area (Å²) in [4.78, 5) is 7.44. The highest BCUT2D eigenvalue weighted by molar-refractivity contribution is 5.30. The quantitative estimate of drug-likeness (QED) is 0.699. The number of hydrogen-bond donors (Lipinski definition) is 0. The largest absolute Gasteiger partial charge is 0.289 e. The molecule has 0 amide bonds. The second kappa shape index (κ2) is 7.42. The van der Waals surface area contributed by atoms with Gasteiger partial charge >= 0.3 is 0 Å². The first kappa shape index (κ1) is 17.0. The van der Waals surface area contributed by atoms with Crippen molar-refractivity contribution in [3.63, 3.8) is 0 Å². The minimum atomic E-state index is 0.402. The van der Waals surface area contributed by atoms with Crippen LogP contribution in [0.1, 0.15) is 47.1 Å². The Balaban J connectivity index is 1.57. The molecule has 0 aliphatic carbocycles. The summed E-state index contributed by atoms with van der Waals surface area (Å²) in [6.07, 6.45) is 5.25. The van der Waals surface area contributed by atoms with Crippen LogP contribution in [0.15, 0.2) is 54.7 Å². The van der Waals surface area contributed by atoms with Crippen molar-refractivity contribution in [2.75, 3.05) is 6.54 Å². The Labute approximate surface area is 155 Å². The number of aryl methyl sites for hydroxylation is 2. The van der Waals surface area contributed by atoms with Gasteiger partial charge < -0.3 is 0 Å². The average Bonchev–Trinajstić information content (AvgIpc) is 3.25. The van der Waals surface area contributed by atoms with E-state index in [-0.39, 0.29) is 0 Å². The number of aromatic nitrogens is 3. The Morgan fingerprint density at radius 3 is 2.69 bits per heavy atom. The molecule has 134 valence electrons. The van der Waals surface area contributed by atoms with E-state index in [1.54, 1.807) is 0 Å². The van der Waals surface area contributed by atoms with Crippen LogP contribution in [0.25, 0.3) is 0 Å². The van der Waals surface area contributed by atoms with Gasteiger partial charge in [0, 0.05) is 25.5 Å². The summed E-state index contributed by atoms with van der Waals surface area (Å²) in [5, 5.41) is 4.31. The van der Waals surface area contributed by atoms with Crippen LogP contribution < -0.4 is 0 Å². The molecule has 1 aliphatic heterocycles. The van der Waals surface area contributed by atoms with Gasteiger partial charge in [-0.3, -0.25) is 14.6 Å². The first-order valence-electron chi connectivity index (χ1n) is 9.41. The van der Waals surface area contributed by atoms with Gasteiger partial charge in [-0.1, -0.05) is 30.3 Å². The molecular weight excluding hydrogens is 320 g/mol. The molecule has 1 saturated heterocycles. The lowest BCUT2D eigenvalue weighted by molar-refractivity contribution is 0.238. The number of hydrogen-bond acceptors (Lipinski definition) is 3. The molecular formula is C22H26N4. The highest BCUT2D eigenvalue weighted by Gasteiger charge is 2.28. The van der Waals surface area contributed by atoms with Gasteiger partial charge in [0.15, 0.2) is 0 Å². The third kappa shape index (κ3) is 3.70. The number of rotatable bonds is 5. The summed E-state index contributed by atoms with van der Waals surface area (Å²) in [6.45, 7) is 4.17. The van der Waals surface area contributed by atoms with Gasteiger partial charge in [0.2, 0.25) is 0 Å². The van der Waals surface area contributed by atoms with Crippen LogP contribution in [-0.4, -0.2) is 26.2 Å². The van der Waals surface area contributed by atoms with Gasteiger partial charge in [-0.15, -0.1) is 0 Å². The molecule has 4 nitrogen and oxygen atoms in total. The fourth-order valence-electron chi connectivity index (χ4n) is 3.99. The maximum Gasteiger partial charge on any atom is 0.0581 e. The van der Waals surface area contributed by atoms with E-state index in [0.717, 1.165) is 25.2 Å². The highest BCUT2D eigenvalue weighted by atomic mass is 15.3. The Bertz CT molecular complexity index is 869. The van der Waals surface area contributed by atoms with E-state index < -0.39 is 0 Å². The smallest absolute Gasteiger partial charge is 0.0581 e. The van der Waals surface area contributed by atoms with Crippen LogP contribution in [0.4, 0.5) is 0 Å². The Morgan fingerprint density at radius 1 is 1.08 bits per heavy atom. The standard InChI is InChI=1S/C22H26N4/c1-17-13-19(14-18-7-4-3-5-8-18)15-21(24-17)22-9-6-12-26(22)16-20-10-11-23-25(20)2/h3-5,7-8,10-11,13,15,22H,6,9,12,14,16H2,1-2H3/t22-/m1/s1. The first-order chi connectivity index (χ1) is 12.7. The lowest BCUT2D eigenvalue weighted by Gasteiger charge is -2.24. The molecule has 0 radical (unpaired) electrons. The van der Waals surface area contributed by atoms with Crippen molar-refractivity contribution < 1.29 is 0 Å². The van der Waals surface area contributed by atoms with Crippen LogP contribution in [-0.2, 0) is 20.0 Å². The van der Waals surface area contributed by atoms with Crippen LogP contribution in [0.2, 0.25) is 0 Å². The van der Waals surface area contributed by atoms with E-state index >= 15 is 0 Å². The normalized spacial score (nSPS) is 17.7. The van der Waals surface area contributed by atoms with Crippen molar-refractivity contribution in [1.29, 1.82) is 0 Å². The fourth-order valence-corrected chi connectivity index (χ4v) is 3.99. The molecule has 4 heteroatoms. The van der Waals surface area contributed by atoms with Crippen molar-refractivity contribution in [3.8, 4) is 0 Å². The topological polar surface area (TPSA) is 34.0 Å². The molecule has 1 aromatic carbocycles. The molecule has 3 aromatic rings. The minimum absolute atomic E-state index is 0.402. The molecule has 0 unspecified atom stereocenters. The van der Waals surface area contributed by atoms with E-state index in [2.05, 4.69) is 65.5 Å². The van der Waals surface area contributed by atoms with Gasteiger partial charge in [-0.2, -0.15) is 5.10 Å². The van der Waals surface area contributed by atoms with Gasteiger partial charge in [0.25, 0.3) is 0 Å². The predicted molar refractivity (Wildman–Crippen MR) is 104 cm³/mol. The number of pyridine rings is 1. The maximum absolute atomic E-state index is 4.90. The maximum atomic E-state index is 4.90. The monoisotopic (exact) mass is 346 g/mol. The highest BCUT2D eigenvalue weighted by Crippen LogP contribution is 2.33. The van der Waals surface area contributed by atoms with E-state index in [0.29, 0.717) is 6.04 Å². The van der Waals surface area contributed by atoms with Crippen molar-refractivity contribution in [1.82, 2.24) is 19.7 Å². The SMILES string of the molecule is Cc1cc(Cc2ccccc2)cc([C@H]2CCCN2Cc2ccnn2C)n1. The molecule has 1 fully saturated rings. The molecule has 2 aromatic heterocycles. The summed E-state index contributed by atoms with van der Waals surface area (Å²) < 4.78 is 1.97. The number of benzene rings is 1. The summed E-state index contributed by atoms with van der Waals surface area (Å²) in [7, 11) is 2.02. The molecule has 1 atom stereocenters. The molecule has 0 bridgehead atoms. The van der Waals surface area contributed by atoms with Crippen LogP contribution in [0.5, 0.6) is 0 Å². The third-order valence-electron chi connectivity index (χ3n) is 5.28. The summed E-state index contributed by atoms with van der Waals surface area (Å²) in [5.74, 6) is 0. The zero-order chi connectivity index (χ0) is 17.9. The second-order valence-corrected chi connectivity index (χ2v) is 7.28. The molecule has 4 rings (SSSR count). The van der Waals surface area contributed by atoms with Crippen molar-refractivity contribution in [3.05, 3.63) is 82.9 Å². The fraction of sp³-hybridized carbons (Fsp3) is 0.364. The molecule has 0 N–H and O–H groups in total. The third-order valence-corrected chi connectivity index (χ3v) is 5.28. The van der Waals surface area contributed by atoms with Crippen LogP contribution in [0, 0.1) is 6.92 Å². The molecule has 1 aliphatic rings. The van der Waals surface area contributed by atoms with Gasteiger partial charge in [-0.05, 0) is 62.1 Å².